The molecule has 0 bridgehead atoms. The van der Waals surface area contributed by atoms with Crippen molar-refractivity contribution in [1.29, 1.82) is 0 Å². The molecule has 1 aliphatic rings. The van der Waals surface area contributed by atoms with Crippen LogP contribution < -0.4 is 19.1 Å². The van der Waals surface area contributed by atoms with Gasteiger partial charge in [-0.3, -0.25) is 4.90 Å². The number of sulfonamides is 1. The van der Waals surface area contributed by atoms with E-state index in [0.29, 0.717) is 12.3 Å². The SMILES string of the molecule is COc1ccc(S(=O)(=O)NC[C@H](c2ccc(N(C)C)cc2)N2CCCC2)c(OC)c1. The Labute approximate surface area is 179 Å². The minimum absolute atomic E-state index is 0.0252. The van der Waals surface area contributed by atoms with Crippen molar-refractivity contribution in [1.82, 2.24) is 9.62 Å². The van der Waals surface area contributed by atoms with Crippen LogP contribution >= 0.6 is 0 Å². The van der Waals surface area contributed by atoms with E-state index < -0.39 is 10.0 Å². The molecule has 0 radical (unpaired) electrons. The first-order valence-electron chi connectivity index (χ1n) is 10.1. The zero-order chi connectivity index (χ0) is 21.7. The smallest absolute Gasteiger partial charge is 0.244 e. The third-order valence-electron chi connectivity index (χ3n) is 5.50. The Bertz CT molecular complexity index is 939. The number of hydrogen-bond acceptors (Lipinski definition) is 6. The Morgan fingerprint density at radius 1 is 1.03 bits per heavy atom. The molecule has 3 rings (SSSR count). The van der Waals surface area contributed by atoms with E-state index in [2.05, 4.69) is 33.9 Å². The number of nitrogens with one attached hydrogen (secondary N) is 1. The van der Waals surface area contributed by atoms with Gasteiger partial charge < -0.3 is 14.4 Å². The molecule has 1 fully saturated rings. The molecule has 0 saturated carbocycles. The molecule has 2 aromatic rings. The number of rotatable bonds is 9. The summed E-state index contributed by atoms with van der Waals surface area (Å²) < 4.78 is 39.4. The summed E-state index contributed by atoms with van der Waals surface area (Å²) in [6, 6.07) is 13.0. The van der Waals surface area contributed by atoms with Crippen molar-refractivity contribution in [2.45, 2.75) is 23.8 Å². The summed E-state index contributed by atoms with van der Waals surface area (Å²) in [6.45, 7) is 2.22. The van der Waals surface area contributed by atoms with Crippen LogP contribution in [0.15, 0.2) is 47.4 Å². The molecule has 0 amide bonds. The van der Waals surface area contributed by atoms with Crippen molar-refractivity contribution in [2.24, 2.45) is 0 Å². The zero-order valence-corrected chi connectivity index (χ0v) is 18.9. The summed E-state index contributed by atoms with van der Waals surface area (Å²) in [5.74, 6) is 0.802. The molecule has 30 heavy (non-hydrogen) atoms. The highest BCUT2D eigenvalue weighted by atomic mass is 32.2. The molecule has 1 N–H and O–H groups in total. The van der Waals surface area contributed by atoms with Crippen LogP contribution in [-0.4, -0.2) is 61.3 Å². The Balaban J connectivity index is 1.83. The first-order chi connectivity index (χ1) is 14.4. The van der Waals surface area contributed by atoms with Crippen molar-refractivity contribution >= 4 is 15.7 Å². The number of anilines is 1. The number of methoxy groups -OCH3 is 2. The summed E-state index contributed by atoms with van der Waals surface area (Å²) in [6.07, 6.45) is 2.26. The highest BCUT2D eigenvalue weighted by Crippen LogP contribution is 2.30. The Hall–Kier alpha value is -2.29. The zero-order valence-electron chi connectivity index (χ0n) is 18.1. The fourth-order valence-corrected chi connectivity index (χ4v) is 4.96. The molecule has 1 atom stereocenters. The van der Waals surface area contributed by atoms with Crippen molar-refractivity contribution in [3.63, 3.8) is 0 Å². The van der Waals surface area contributed by atoms with Crippen molar-refractivity contribution < 1.29 is 17.9 Å². The average molecular weight is 434 g/mol. The average Bonchev–Trinajstić information content (AvgIpc) is 3.28. The standard InChI is InChI=1S/C22H31N3O4S/c1-24(2)18-9-7-17(8-10-18)20(25-13-5-6-14-25)16-23-30(26,27)22-12-11-19(28-3)15-21(22)29-4/h7-12,15,20,23H,5-6,13-14,16H2,1-4H3/t20-/m1/s1. The third-order valence-corrected chi connectivity index (χ3v) is 6.97. The molecule has 0 unspecified atom stereocenters. The van der Waals surface area contributed by atoms with E-state index in [1.165, 1.54) is 20.3 Å². The van der Waals surface area contributed by atoms with Crippen LogP contribution in [0.1, 0.15) is 24.4 Å². The third kappa shape index (κ3) is 5.06. The number of likely N-dealkylation sites (tertiary alicyclic amines) is 1. The molecule has 2 aromatic carbocycles. The fourth-order valence-electron chi connectivity index (χ4n) is 3.77. The first-order valence-corrected chi connectivity index (χ1v) is 11.6. The molecule has 1 heterocycles. The van der Waals surface area contributed by atoms with Gasteiger partial charge in [-0.25, -0.2) is 13.1 Å². The highest BCUT2D eigenvalue weighted by molar-refractivity contribution is 7.89. The molecule has 1 saturated heterocycles. The number of nitrogens with zero attached hydrogens (tertiary/aromatic N) is 2. The minimum Gasteiger partial charge on any atom is -0.497 e. The molecule has 1 aliphatic heterocycles. The maximum absolute atomic E-state index is 13.0. The van der Waals surface area contributed by atoms with Gasteiger partial charge >= 0.3 is 0 Å². The summed E-state index contributed by atoms with van der Waals surface area (Å²) in [7, 11) is 3.24. The van der Waals surface area contributed by atoms with Gasteiger partial charge in [-0.1, -0.05) is 12.1 Å². The lowest BCUT2D eigenvalue weighted by atomic mass is 10.1. The Kier molecular flexibility index (Phi) is 7.23. The predicted octanol–water partition coefficient (Wildman–Crippen LogP) is 2.89. The van der Waals surface area contributed by atoms with Crippen LogP contribution in [-0.2, 0) is 10.0 Å². The van der Waals surface area contributed by atoms with E-state index >= 15 is 0 Å². The van der Waals surface area contributed by atoms with Gasteiger partial charge in [0.15, 0.2) is 0 Å². The summed E-state index contributed by atoms with van der Waals surface area (Å²) >= 11 is 0. The quantitative estimate of drug-likeness (QED) is 0.656. The van der Waals surface area contributed by atoms with E-state index in [4.69, 9.17) is 9.47 Å². The van der Waals surface area contributed by atoms with E-state index in [-0.39, 0.29) is 16.7 Å². The van der Waals surface area contributed by atoms with Gasteiger partial charge in [0.25, 0.3) is 0 Å². The molecular formula is C22H31N3O4S. The van der Waals surface area contributed by atoms with Gasteiger partial charge in [0.2, 0.25) is 10.0 Å². The van der Waals surface area contributed by atoms with Crippen LogP contribution in [0.3, 0.4) is 0 Å². The van der Waals surface area contributed by atoms with Crippen LogP contribution in [0.5, 0.6) is 11.5 Å². The van der Waals surface area contributed by atoms with Crippen LogP contribution in [0.2, 0.25) is 0 Å². The number of benzene rings is 2. The van der Waals surface area contributed by atoms with Crippen LogP contribution in [0.4, 0.5) is 5.69 Å². The second-order valence-corrected chi connectivity index (χ2v) is 9.35. The second kappa shape index (κ2) is 9.68. The van der Waals surface area contributed by atoms with Gasteiger partial charge in [0.1, 0.15) is 16.4 Å². The van der Waals surface area contributed by atoms with Gasteiger partial charge in [0, 0.05) is 38.4 Å². The van der Waals surface area contributed by atoms with E-state index in [1.807, 2.05) is 19.0 Å². The monoisotopic (exact) mass is 433 g/mol. The number of ether oxygens (including phenoxy) is 2. The van der Waals surface area contributed by atoms with Gasteiger partial charge in [-0.05, 0) is 55.8 Å². The van der Waals surface area contributed by atoms with Crippen molar-refractivity contribution in [2.75, 3.05) is 52.8 Å². The van der Waals surface area contributed by atoms with E-state index in [9.17, 15) is 8.42 Å². The molecule has 8 heteroatoms. The maximum Gasteiger partial charge on any atom is 0.244 e. The van der Waals surface area contributed by atoms with Gasteiger partial charge in [0.05, 0.1) is 14.2 Å². The molecule has 0 aromatic heterocycles. The molecule has 164 valence electrons. The second-order valence-electron chi connectivity index (χ2n) is 7.61. The summed E-state index contributed by atoms with van der Waals surface area (Å²) in [4.78, 5) is 4.50. The highest BCUT2D eigenvalue weighted by Gasteiger charge is 2.27. The number of hydrogen-bond donors (Lipinski definition) is 1. The molecule has 0 spiro atoms. The normalized spacial score (nSPS) is 15.7. The largest absolute Gasteiger partial charge is 0.497 e. The lowest BCUT2D eigenvalue weighted by Gasteiger charge is -2.28. The maximum atomic E-state index is 13.0. The Morgan fingerprint density at radius 3 is 2.27 bits per heavy atom. The summed E-state index contributed by atoms with van der Waals surface area (Å²) in [5, 5.41) is 0. The predicted molar refractivity (Wildman–Crippen MR) is 119 cm³/mol. The van der Waals surface area contributed by atoms with Gasteiger partial charge in [-0.2, -0.15) is 0 Å². The fraction of sp³-hybridized carbons (Fsp3) is 0.455. The van der Waals surface area contributed by atoms with E-state index in [0.717, 1.165) is 37.2 Å². The van der Waals surface area contributed by atoms with Crippen LogP contribution in [0.25, 0.3) is 0 Å². The summed E-state index contributed by atoms with van der Waals surface area (Å²) in [5.41, 5.74) is 2.22. The lowest BCUT2D eigenvalue weighted by molar-refractivity contribution is 0.246. The Morgan fingerprint density at radius 2 is 1.70 bits per heavy atom. The minimum atomic E-state index is -3.75. The van der Waals surface area contributed by atoms with Crippen LogP contribution in [0, 0.1) is 0 Å². The van der Waals surface area contributed by atoms with Gasteiger partial charge in [-0.15, -0.1) is 0 Å². The topological polar surface area (TPSA) is 71.1 Å². The first kappa shape index (κ1) is 22.4. The van der Waals surface area contributed by atoms with Crippen molar-refractivity contribution in [3.05, 3.63) is 48.0 Å². The van der Waals surface area contributed by atoms with Crippen molar-refractivity contribution in [3.8, 4) is 11.5 Å². The molecule has 0 aliphatic carbocycles. The lowest BCUT2D eigenvalue weighted by Crippen LogP contribution is -2.36. The molecular weight excluding hydrogens is 402 g/mol. The molecule has 7 nitrogen and oxygen atoms in total. The van der Waals surface area contributed by atoms with E-state index in [1.54, 1.807) is 12.1 Å².